The standard InChI is InChI=1S/C15H17ClN2O/c1-10-13(7-8-19)11(2)18-15(17-10)9-12-5-3-4-6-14(12)16/h3-6,19H,7-9H2,1-2H3. The molecule has 0 fully saturated rings. The molecule has 0 aliphatic rings. The maximum absolute atomic E-state index is 9.04. The summed E-state index contributed by atoms with van der Waals surface area (Å²) in [5, 5.41) is 9.77. The van der Waals surface area contributed by atoms with Crippen LogP contribution in [0.2, 0.25) is 5.02 Å². The van der Waals surface area contributed by atoms with Crippen molar-refractivity contribution >= 4 is 11.6 Å². The molecule has 0 amide bonds. The van der Waals surface area contributed by atoms with E-state index < -0.39 is 0 Å². The molecule has 0 saturated carbocycles. The number of halogens is 1. The molecule has 4 heteroatoms. The lowest BCUT2D eigenvalue weighted by atomic mass is 10.1. The summed E-state index contributed by atoms with van der Waals surface area (Å²) < 4.78 is 0. The number of nitrogens with zero attached hydrogens (tertiary/aromatic N) is 2. The van der Waals surface area contributed by atoms with Gasteiger partial charge in [-0.2, -0.15) is 0 Å². The van der Waals surface area contributed by atoms with Crippen LogP contribution in [-0.2, 0) is 12.8 Å². The minimum Gasteiger partial charge on any atom is -0.396 e. The first-order valence-corrected chi connectivity index (χ1v) is 6.67. The van der Waals surface area contributed by atoms with E-state index in [1.54, 1.807) is 0 Å². The summed E-state index contributed by atoms with van der Waals surface area (Å²) in [4.78, 5) is 9.02. The van der Waals surface area contributed by atoms with Crippen LogP contribution < -0.4 is 0 Å². The first-order valence-electron chi connectivity index (χ1n) is 6.29. The summed E-state index contributed by atoms with van der Waals surface area (Å²) in [7, 11) is 0. The van der Waals surface area contributed by atoms with Crippen LogP contribution in [0.3, 0.4) is 0 Å². The number of rotatable bonds is 4. The molecule has 0 atom stereocenters. The second-order valence-electron chi connectivity index (χ2n) is 4.53. The molecule has 2 aromatic rings. The highest BCUT2D eigenvalue weighted by atomic mass is 35.5. The smallest absolute Gasteiger partial charge is 0.133 e. The summed E-state index contributed by atoms with van der Waals surface area (Å²) in [6.07, 6.45) is 1.23. The summed E-state index contributed by atoms with van der Waals surface area (Å²) in [6, 6.07) is 7.73. The van der Waals surface area contributed by atoms with Crippen LogP contribution in [0.25, 0.3) is 0 Å². The predicted octanol–water partition coefficient (Wildman–Crippen LogP) is 2.87. The Labute approximate surface area is 118 Å². The summed E-state index contributed by atoms with van der Waals surface area (Å²) >= 11 is 6.15. The predicted molar refractivity (Wildman–Crippen MR) is 76.6 cm³/mol. The zero-order valence-corrected chi connectivity index (χ0v) is 11.9. The molecular formula is C15H17ClN2O. The summed E-state index contributed by atoms with van der Waals surface area (Å²) in [5.74, 6) is 0.768. The second-order valence-corrected chi connectivity index (χ2v) is 4.94. The van der Waals surface area contributed by atoms with E-state index in [0.717, 1.165) is 33.4 Å². The fourth-order valence-corrected chi connectivity index (χ4v) is 2.38. The van der Waals surface area contributed by atoms with Crippen molar-refractivity contribution in [1.29, 1.82) is 0 Å². The Morgan fingerprint density at radius 3 is 2.32 bits per heavy atom. The average Bonchev–Trinajstić information content (AvgIpc) is 2.37. The van der Waals surface area contributed by atoms with Crippen molar-refractivity contribution in [3.63, 3.8) is 0 Å². The SMILES string of the molecule is Cc1nc(Cc2ccccc2Cl)nc(C)c1CCO. The van der Waals surface area contributed by atoms with Crippen LogP contribution in [0.15, 0.2) is 24.3 Å². The topological polar surface area (TPSA) is 46.0 Å². The molecule has 1 heterocycles. The first kappa shape index (κ1) is 14.0. The molecule has 1 N–H and O–H groups in total. The van der Waals surface area contributed by atoms with Crippen molar-refractivity contribution < 1.29 is 5.11 Å². The number of hydrogen-bond donors (Lipinski definition) is 1. The maximum atomic E-state index is 9.04. The quantitative estimate of drug-likeness (QED) is 0.934. The monoisotopic (exact) mass is 276 g/mol. The maximum Gasteiger partial charge on any atom is 0.133 e. The third kappa shape index (κ3) is 3.31. The minimum absolute atomic E-state index is 0.120. The molecule has 100 valence electrons. The van der Waals surface area contributed by atoms with E-state index in [4.69, 9.17) is 16.7 Å². The summed E-state index contributed by atoms with van der Waals surface area (Å²) in [5.41, 5.74) is 3.93. The van der Waals surface area contributed by atoms with E-state index >= 15 is 0 Å². The molecule has 0 saturated heterocycles. The van der Waals surface area contributed by atoms with Gasteiger partial charge in [0.05, 0.1) is 0 Å². The van der Waals surface area contributed by atoms with Gasteiger partial charge in [-0.15, -0.1) is 0 Å². The van der Waals surface area contributed by atoms with Crippen molar-refractivity contribution in [2.24, 2.45) is 0 Å². The normalized spacial score (nSPS) is 10.7. The Kier molecular flexibility index (Phi) is 4.51. The van der Waals surface area contributed by atoms with E-state index in [2.05, 4.69) is 9.97 Å². The highest BCUT2D eigenvalue weighted by Gasteiger charge is 2.09. The van der Waals surface area contributed by atoms with Gasteiger partial charge in [-0.1, -0.05) is 29.8 Å². The van der Waals surface area contributed by atoms with Gasteiger partial charge in [0, 0.05) is 29.4 Å². The van der Waals surface area contributed by atoms with E-state index in [0.29, 0.717) is 12.8 Å². The van der Waals surface area contributed by atoms with Crippen LogP contribution >= 0.6 is 11.6 Å². The molecule has 0 bridgehead atoms. The Balaban J connectivity index is 2.30. The molecule has 0 radical (unpaired) electrons. The third-order valence-corrected chi connectivity index (χ3v) is 3.50. The van der Waals surface area contributed by atoms with Crippen LogP contribution in [0.5, 0.6) is 0 Å². The molecule has 0 spiro atoms. The van der Waals surface area contributed by atoms with Gasteiger partial charge in [-0.3, -0.25) is 0 Å². The molecule has 3 nitrogen and oxygen atoms in total. The Hall–Kier alpha value is -1.45. The van der Waals surface area contributed by atoms with Crippen molar-refractivity contribution in [3.8, 4) is 0 Å². The number of aryl methyl sites for hydroxylation is 2. The van der Waals surface area contributed by atoms with Gasteiger partial charge in [0.15, 0.2) is 0 Å². The molecule has 0 unspecified atom stereocenters. The van der Waals surface area contributed by atoms with Gasteiger partial charge in [-0.05, 0) is 37.5 Å². The van der Waals surface area contributed by atoms with E-state index in [9.17, 15) is 0 Å². The Morgan fingerprint density at radius 1 is 1.11 bits per heavy atom. The largest absolute Gasteiger partial charge is 0.396 e. The Bertz CT molecular complexity index is 561. The van der Waals surface area contributed by atoms with E-state index in [1.807, 2.05) is 38.1 Å². The zero-order chi connectivity index (χ0) is 13.8. The highest BCUT2D eigenvalue weighted by Crippen LogP contribution is 2.19. The van der Waals surface area contributed by atoms with Gasteiger partial charge in [0.2, 0.25) is 0 Å². The highest BCUT2D eigenvalue weighted by molar-refractivity contribution is 6.31. The van der Waals surface area contributed by atoms with E-state index in [1.165, 1.54) is 0 Å². The number of benzene rings is 1. The number of hydrogen-bond acceptors (Lipinski definition) is 3. The van der Waals surface area contributed by atoms with Crippen molar-refractivity contribution in [1.82, 2.24) is 9.97 Å². The second kappa shape index (κ2) is 6.13. The van der Waals surface area contributed by atoms with Crippen molar-refractivity contribution in [2.75, 3.05) is 6.61 Å². The molecule has 2 rings (SSSR count). The van der Waals surface area contributed by atoms with Crippen molar-refractivity contribution in [3.05, 3.63) is 57.6 Å². The lowest BCUT2D eigenvalue weighted by molar-refractivity contribution is 0.298. The molecule has 0 aliphatic heterocycles. The molecular weight excluding hydrogens is 260 g/mol. The number of aromatic nitrogens is 2. The van der Waals surface area contributed by atoms with Crippen LogP contribution in [0, 0.1) is 13.8 Å². The van der Waals surface area contributed by atoms with Gasteiger partial charge < -0.3 is 5.11 Å². The van der Waals surface area contributed by atoms with Crippen LogP contribution in [-0.4, -0.2) is 21.7 Å². The number of aliphatic hydroxyl groups excluding tert-OH is 1. The molecule has 0 aliphatic carbocycles. The Morgan fingerprint density at radius 2 is 1.74 bits per heavy atom. The average molecular weight is 277 g/mol. The van der Waals surface area contributed by atoms with E-state index in [-0.39, 0.29) is 6.61 Å². The summed E-state index contributed by atoms with van der Waals surface area (Å²) in [6.45, 7) is 4.03. The lowest BCUT2D eigenvalue weighted by Gasteiger charge is -2.10. The first-order chi connectivity index (χ1) is 9.11. The van der Waals surface area contributed by atoms with Gasteiger partial charge in [0.1, 0.15) is 5.82 Å². The molecule has 1 aromatic carbocycles. The van der Waals surface area contributed by atoms with Crippen LogP contribution in [0.4, 0.5) is 0 Å². The van der Waals surface area contributed by atoms with Gasteiger partial charge >= 0.3 is 0 Å². The van der Waals surface area contributed by atoms with Gasteiger partial charge in [-0.25, -0.2) is 9.97 Å². The fourth-order valence-electron chi connectivity index (χ4n) is 2.17. The van der Waals surface area contributed by atoms with Crippen LogP contribution in [0.1, 0.15) is 28.3 Å². The minimum atomic E-state index is 0.120. The zero-order valence-electron chi connectivity index (χ0n) is 11.2. The van der Waals surface area contributed by atoms with Crippen molar-refractivity contribution in [2.45, 2.75) is 26.7 Å². The lowest BCUT2D eigenvalue weighted by Crippen LogP contribution is -2.07. The molecule has 1 aromatic heterocycles. The third-order valence-electron chi connectivity index (χ3n) is 3.14. The molecule has 19 heavy (non-hydrogen) atoms. The van der Waals surface area contributed by atoms with Gasteiger partial charge in [0.25, 0.3) is 0 Å². The number of aliphatic hydroxyl groups is 1. The fraction of sp³-hybridized carbons (Fsp3) is 0.333.